The highest BCUT2D eigenvalue weighted by molar-refractivity contribution is 5.96. The molecule has 5 nitrogen and oxygen atoms in total. The summed E-state index contributed by atoms with van der Waals surface area (Å²) < 4.78 is 10.6. The maximum Gasteiger partial charge on any atom is 0.228 e. The van der Waals surface area contributed by atoms with Gasteiger partial charge in [0.2, 0.25) is 5.91 Å². The van der Waals surface area contributed by atoms with Crippen molar-refractivity contribution >= 4 is 11.6 Å². The smallest absolute Gasteiger partial charge is 0.228 e. The van der Waals surface area contributed by atoms with Gasteiger partial charge in [-0.15, -0.1) is 0 Å². The summed E-state index contributed by atoms with van der Waals surface area (Å²) in [4.78, 5) is 12.6. The molecule has 5 heteroatoms. The van der Waals surface area contributed by atoms with Gasteiger partial charge in [0.25, 0.3) is 0 Å². The van der Waals surface area contributed by atoms with Crippen LogP contribution in [0.4, 0.5) is 5.69 Å². The zero-order valence-electron chi connectivity index (χ0n) is 13.5. The summed E-state index contributed by atoms with van der Waals surface area (Å²) in [6.07, 6.45) is 3.23. The topological polar surface area (TPSA) is 59.6 Å². The number of ether oxygens (including phenoxy) is 2. The SMILES string of the molecule is COc1cc(C)c(NC(=O)C2CC23CCNCC3)cc1OC. The van der Waals surface area contributed by atoms with E-state index >= 15 is 0 Å². The van der Waals surface area contributed by atoms with Gasteiger partial charge >= 0.3 is 0 Å². The van der Waals surface area contributed by atoms with Gasteiger partial charge in [-0.05, 0) is 56.3 Å². The second-order valence-corrected chi connectivity index (χ2v) is 6.38. The van der Waals surface area contributed by atoms with Crippen molar-refractivity contribution in [2.75, 3.05) is 32.6 Å². The van der Waals surface area contributed by atoms with Gasteiger partial charge < -0.3 is 20.1 Å². The number of nitrogens with one attached hydrogen (secondary N) is 2. The highest BCUT2D eigenvalue weighted by atomic mass is 16.5. The number of hydrogen-bond acceptors (Lipinski definition) is 4. The molecular weight excluding hydrogens is 280 g/mol. The number of anilines is 1. The Bertz CT molecular complexity index is 580. The summed E-state index contributed by atoms with van der Waals surface area (Å²) in [5.74, 6) is 1.61. The maximum absolute atomic E-state index is 12.6. The Balaban J connectivity index is 1.72. The van der Waals surface area contributed by atoms with Gasteiger partial charge in [-0.1, -0.05) is 0 Å². The molecule has 3 rings (SSSR count). The molecule has 1 unspecified atom stereocenters. The van der Waals surface area contributed by atoms with Gasteiger partial charge in [-0.3, -0.25) is 4.79 Å². The summed E-state index contributed by atoms with van der Waals surface area (Å²) in [7, 11) is 3.21. The van der Waals surface area contributed by atoms with Crippen LogP contribution >= 0.6 is 0 Å². The minimum Gasteiger partial charge on any atom is -0.493 e. The summed E-state index contributed by atoms with van der Waals surface area (Å²) in [5, 5.41) is 6.44. The second-order valence-electron chi connectivity index (χ2n) is 6.38. The molecule has 2 aliphatic rings. The number of carbonyl (C=O) groups excluding carboxylic acids is 1. The number of rotatable bonds is 4. The molecule has 2 N–H and O–H groups in total. The molecule has 22 heavy (non-hydrogen) atoms. The predicted octanol–water partition coefficient (Wildman–Crippen LogP) is 2.34. The van der Waals surface area contributed by atoms with Crippen molar-refractivity contribution in [3.05, 3.63) is 17.7 Å². The molecule has 1 aromatic carbocycles. The van der Waals surface area contributed by atoms with E-state index in [2.05, 4.69) is 10.6 Å². The van der Waals surface area contributed by atoms with Crippen LogP contribution in [0.25, 0.3) is 0 Å². The normalized spacial score (nSPS) is 22.2. The molecular formula is C17H24N2O3. The number of hydrogen-bond donors (Lipinski definition) is 2. The van der Waals surface area contributed by atoms with Crippen molar-refractivity contribution in [3.63, 3.8) is 0 Å². The van der Waals surface area contributed by atoms with Gasteiger partial charge in [0.1, 0.15) is 0 Å². The van der Waals surface area contributed by atoms with E-state index < -0.39 is 0 Å². The van der Waals surface area contributed by atoms with E-state index in [4.69, 9.17) is 9.47 Å². The molecule has 1 heterocycles. The Morgan fingerprint density at radius 3 is 2.50 bits per heavy atom. The highest BCUT2D eigenvalue weighted by Gasteiger charge is 2.57. The van der Waals surface area contributed by atoms with Crippen LogP contribution in [0, 0.1) is 18.3 Å². The Morgan fingerprint density at radius 1 is 1.23 bits per heavy atom. The lowest BCUT2D eigenvalue weighted by molar-refractivity contribution is -0.118. The van der Waals surface area contributed by atoms with E-state index in [-0.39, 0.29) is 17.2 Å². The number of methoxy groups -OCH3 is 2. The second kappa shape index (κ2) is 5.80. The number of benzene rings is 1. The number of piperidine rings is 1. The molecule has 0 bridgehead atoms. The predicted molar refractivity (Wildman–Crippen MR) is 85.6 cm³/mol. The fourth-order valence-corrected chi connectivity index (χ4v) is 3.53. The van der Waals surface area contributed by atoms with Gasteiger partial charge in [-0.2, -0.15) is 0 Å². The lowest BCUT2D eigenvalue weighted by Gasteiger charge is -2.23. The highest BCUT2D eigenvalue weighted by Crippen LogP contribution is 2.58. The van der Waals surface area contributed by atoms with Gasteiger partial charge in [0, 0.05) is 17.7 Å². The fourth-order valence-electron chi connectivity index (χ4n) is 3.53. The summed E-state index contributed by atoms with van der Waals surface area (Å²) in [5.41, 5.74) is 2.03. The van der Waals surface area contributed by atoms with Crippen LogP contribution in [0.1, 0.15) is 24.8 Å². The molecule has 120 valence electrons. The van der Waals surface area contributed by atoms with E-state index in [1.165, 1.54) is 0 Å². The van der Waals surface area contributed by atoms with E-state index in [0.717, 1.165) is 43.6 Å². The van der Waals surface area contributed by atoms with Crippen molar-refractivity contribution < 1.29 is 14.3 Å². The monoisotopic (exact) mass is 304 g/mol. The van der Waals surface area contributed by atoms with Crippen LogP contribution in [0.2, 0.25) is 0 Å². The van der Waals surface area contributed by atoms with Crippen molar-refractivity contribution in [3.8, 4) is 11.5 Å². The summed E-state index contributed by atoms with van der Waals surface area (Å²) in [6.45, 7) is 4.02. The van der Waals surface area contributed by atoms with Crippen LogP contribution in [0.5, 0.6) is 11.5 Å². The zero-order valence-corrected chi connectivity index (χ0v) is 13.5. The van der Waals surface area contributed by atoms with Crippen molar-refractivity contribution in [1.29, 1.82) is 0 Å². The third kappa shape index (κ3) is 2.65. The van der Waals surface area contributed by atoms with Crippen LogP contribution in [-0.2, 0) is 4.79 Å². The summed E-state index contributed by atoms with van der Waals surface area (Å²) in [6, 6.07) is 3.73. The Hall–Kier alpha value is -1.75. The first kappa shape index (κ1) is 15.2. The Labute approximate surface area is 131 Å². The van der Waals surface area contributed by atoms with Crippen molar-refractivity contribution in [2.45, 2.75) is 26.2 Å². The third-order valence-electron chi connectivity index (χ3n) is 5.09. The van der Waals surface area contributed by atoms with E-state index in [1.54, 1.807) is 14.2 Å². The molecule has 0 radical (unpaired) electrons. The van der Waals surface area contributed by atoms with Gasteiger partial charge in [-0.25, -0.2) is 0 Å². The molecule has 1 spiro atoms. The fraction of sp³-hybridized carbons (Fsp3) is 0.588. The minimum absolute atomic E-state index is 0.136. The number of aryl methyl sites for hydroxylation is 1. The van der Waals surface area contributed by atoms with Gasteiger partial charge in [0.05, 0.1) is 14.2 Å². The van der Waals surface area contributed by atoms with Crippen molar-refractivity contribution in [1.82, 2.24) is 5.32 Å². The lowest BCUT2D eigenvalue weighted by atomic mass is 9.91. The molecule has 1 aliphatic carbocycles. The average Bonchev–Trinajstić information content (AvgIpc) is 3.22. The van der Waals surface area contributed by atoms with Crippen LogP contribution in [0.3, 0.4) is 0 Å². The van der Waals surface area contributed by atoms with E-state index in [9.17, 15) is 4.79 Å². The lowest BCUT2D eigenvalue weighted by Crippen LogP contribution is -2.31. The molecule has 1 aliphatic heterocycles. The molecule has 2 fully saturated rings. The third-order valence-corrected chi connectivity index (χ3v) is 5.09. The zero-order chi connectivity index (χ0) is 15.7. The Morgan fingerprint density at radius 2 is 1.86 bits per heavy atom. The molecule has 1 saturated carbocycles. The molecule has 1 aromatic rings. The standard InChI is InChI=1S/C17H24N2O3/c1-11-8-14(21-2)15(22-3)9-13(11)19-16(20)12-10-17(12)4-6-18-7-5-17/h8-9,12,18H,4-7,10H2,1-3H3,(H,19,20). The first-order chi connectivity index (χ1) is 10.6. The van der Waals surface area contributed by atoms with E-state index in [1.807, 2.05) is 19.1 Å². The molecule has 1 atom stereocenters. The molecule has 1 saturated heterocycles. The number of amides is 1. The van der Waals surface area contributed by atoms with Crippen LogP contribution < -0.4 is 20.1 Å². The van der Waals surface area contributed by atoms with Gasteiger partial charge in [0.15, 0.2) is 11.5 Å². The first-order valence-corrected chi connectivity index (χ1v) is 7.84. The molecule has 0 aromatic heterocycles. The maximum atomic E-state index is 12.6. The van der Waals surface area contributed by atoms with Crippen LogP contribution in [-0.4, -0.2) is 33.2 Å². The van der Waals surface area contributed by atoms with Crippen LogP contribution in [0.15, 0.2) is 12.1 Å². The largest absolute Gasteiger partial charge is 0.493 e. The first-order valence-electron chi connectivity index (χ1n) is 7.84. The quantitative estimate of drug-likeness (QED) is 0.896. The number of carbonyl (C=O) groups is 1. The molecule has 1 amide bonds. The summed E-state index contributed by atoms with van der Waals surface area (Å²) >= 11 is 0. The van der Waals surface area contributed by atoms with Crippen molar-refractivity contribution in [2.24, 2.45) is 11.3 Å². The Kier molecular flexibility index (Phi) is 4.00. The van der Waals surface area contributed by atoms with E-state index in [0.29, 0.717) is 11.5 Å². The minimum atomic E-state index is 0.136. The average molecular weight is 304 g/mol.